The SMILES string of the molecule is C[C@H](N)C1=C=CC=C1P(C1=C[CH]C=C[CH-]1)c1ccccc1.[C]1=C=C=C=[C-]1.[Fe+2]. The summed E-state index contributed by atoms with van der Waals surface area (Å²) in [6.07, 6.45) is 19.8. The fraction of sp³-hybridized carbons (Fsp3) is 0.0833. The van der Waals surface area contributed by atoms with Crippen LogP contribution in [0, 0.1) is 25.0 Å². The maximum Gasteiger partial charge on any atom is 2.00 e. The summed E-state index contributed by atoms with van der Waals surface area (Å²) < 4.78 is 0. The third kappa shape index (κ3) is 5.65. The Kier molecular flexibility index (Phi) is 8.48. The van der Waals surface area contributed by atoms with Gasteiger partial charge >= 0.3 is 17.1 Å². The molecule has 132 valence electrons. The first kappa shape index (κ1) is 21.1. The van der Waals surface area contributed by atoms with Crippen LogP contribution >= 0.6 is 7.92 Å². The molecule has 0 saturated carbocycles. The largest absolute Gasteiger partial charge is 2.00 e. The Morgan fingerprint density at radius 3 is 2.52 bits per heavy atom. The molecule has 27 heavy (non-hydrogen) atoms. The Bertz CT molecular complexity index is 937. The zero-order valence-electron chi connectivity index (χ0n) is 14.9. The van der Waals surface area contributed by atoms with Crippen molar-refractivity contribution in [2.24, 2.45) is 5.73 Å². The molecule has 1 unspecified atom stereocenters. The Labute approximate surface area is 173 Å². The van der Waals surface area contributed by atoms with Gasteiger partial charge in [-0.15, -0.1) is 29.6 Å². The van der Waals surface area contributed by atoms with Gasteiger partial charge in [-0.1, -0.05) is 30.3 Å². The van der Waals surface area contributed by atoms with E-state index in [4.69, 9.17) is 5.73 Å². The smallest absolute Gasteiger partial charge is 0.324 e. The van der Waals surface area contributed by atoms with Crippen LogP contribution < -0.4 is 11.0 Å². The minimum atomic E-state index is -0.573. The summed E-state index contributed by atoms with van der Waals surface area (Å²) in [6, 6.07) is 10.7. The molecule has 0 fully saturated rings. The van der Waals surface area contributed by atoms with E-state index in [-0.39, 0.29) is 23.1 Å². The van der Waals surface area contributed by atoms with Crippen molar-refractivity contribution in [2.75, 3.05) is 0 Å². The van der Waals surface area contributed by atoms with Crippen molar-refractivity contribution in [3.8, 4) is 0 Å². The predicted octanol–water partition coefficient (Wildman–Crippen LogP) is 4.61. The Morgan fingerprint density at radius 1 is 1.15 bits per heavy atom. The minimum Gasteiger partial charge on any atom is -0.324 e. The molecule has 3 aliphatic rings. The van der Waals surface area contributed by atoms with Crippen LogP contribution in [0.25, 0.3) is 0 Å². The third-order valence-corrected chi connectivity index (χ3v) is 6.29. The van der Waals surface area contributed by atoms with E-state index >= 15 is 0 Å². The van der Waals surface area contributed by atoms with Crippen LogP contribution in [0.3, 0.4) is 0 Å². The number of hydrogen-bond acceptors (Lipinski definition) is 1. The van der Waals surface area contributed by atoms with Crippen LogP contribution in [0.4, 0.5) is 0 Å². The summed E-state index contributed by atoms with van der Waals surface area (Å²) in [5, 5.41) is 4.01. The van der Waals surface area contributed by atoms with Gasteiger partial charge in [0.2, 0.25) is 0 Å². The second-order valence-corrected chi connectivity index (χ2v) is 7.88. The molecule has 0 spiro atoms. The van der Waals surface area contributed by atoms with Gasteiger partial charge in [0.05, 0.1) is 0 Å². The van der Waals surface area contributed by atoms with E-state index in [0.29, 0.717) is 0 Å². The van der Waals surface area contributed by atoms with E-state index in [2.05, 4.69) is 103 Å². The summed E-state index contributed by atoms with van der Waals surface area (Å²) in [5.41, 5.74) is 18.1. The molecule has 4 rings (SSSR count). The molecule has 0 amide bonds. The Hall–Kier alpha value is -2.18. The molecule has 1 aromatic carbocycles. The number of allylic oxidation sites excluding steroid dienone is 7. The fourth-order valence-corrected chi connectivity index (χ4v) is 5.20. The van der Waals surface area contributed by atoms with Gasteiger partial charge in [0.25, 0.3) is 0 Å². The molecular formula is C24H18FeNP. The monoisotopic (exact) mass is 407 g/mol. The van der Waals surface area contributed by atoms with Gasteiger partial charge in [-0.05, 0) is 37.6 Å². The maximum atomic E-state index is 6.13. The van der Waals surface area contributed by atoms with Crippen LogP contribution in [0.5, 0.6) is 0 Å². The van der Waals surface area contributed by atoms with Crippen LogP contribution in [0.1, 0.15) is 6.92 Å². The topological polar surface area (TPSA) is 26.0 Å². The van der Waals surface area contributed by atoms with Crippen molar-refractivity contribution in [3.63, 3.8) is 0 Å². The summed E-state index contributed by atoms with van der Waals surface area (Å²) >= 11 is 0. The van der Waals surface area contributed by atoms with Crippen molar-refractivity contribution in [1.29, 1.82) is 0 Å². The molecule has 1 aromatic rings. The van der Waals surface area contributed by atoms with Gasteiger partial charge in [-0.3, -0.25) is 11.5 Å². The number of rotatable bonds is 4. The van der Waals surface area contributed by atoms with Crippen molar-refractivity contribution in [2.45, 2.75) is 13.0 Å². The molecule has 3 aliphatic carbocycles. The third-order valence-electron chi connectivity index (χ3n) is 3.79. The van der Waals surface area contributed by atoms with E-state index in [9.17, 15) is 0 Å². The summed E-state index contributed by atoms with van der Waals surface area (Å²) in [6.45, 7) is 2.03. The van der Waals surface area contributed by atoms with Gasteiger partial charge in [0.1, 0.15) is 0 Å². The molecule has 2 N–H and O–H groups in total. The van der Waals surface area contributed by atoms with E-state index in [1.54, 1.807) is 0 Å². The van der Waals surface area contributed by atoms with Gasteiger partial charge < -0.3 is 5.73 Å². The summed E-state index contributed by atoms with van der Waals surface area (Å²) in [7, 11) is -0.573. The molecule has 0 bridgehead atoms. The van der Waals surface area contributed by atoms with Crippen LogP contribution in [0.15, 0.2) is 99.8 Å². The average molecular weight is 407 g/mol. The quantitative estimate of drug-likeness (QED) is 0.336. The van der Waals surface area contributed by atoms with Crippen LogP contribution in [-0.2, 0) is 17.1 Å². The van der Waals surface area contributed by atoms with Crippen molar-refractivity contribution >= 4 is 13.2 Å². The standard InChI is InChI=1S/C19H18NP.C5.Fe/c1-15(20)18-13-8-14-19(18)21(16-9-4-2-5-10-16)17-11-6-3-7-12-17;1-2-4-5-3-1;/h2-12,14-15H,20H2,1H3;;/q2*-1;+2/t15-;;/m0../s1. The van der Waals surface area contributed by atoms with E-state index in [1.165, 1.54) is 15.9 Å². The van der Waals surface area contributed by atoms with Crippen molar-refractivity contribution in [3.05, 3.63) is 125 Å². The number of nitrogens with two attached hydrogens (primary N) is 1. The molecule has 1 nitrogen and oxygen atoms in total. The van der Waals surface area contributed by atoms with Crippen LogP contribution in [0.2, 0.25) is 0 Å². The average Bonchev–Trinajstić information content (AvgIpc) is 3.39. The van der Waals surface area contributed by atoms with Crippen molar-refractivity contribution < 1.29 is 17.1 Å². The zero-order valence-corrected chi connectivity index (χ0v) is 16.9. The maximum absolute atomic E-state index is 6.13. The fourth-order valence-electron chi connectivity index (χ4n) is 2.67. The molecule has 0 heterocycles. The number of benzene rings is 1. The normalized spacial score (nSPS) is 17.2. The second-order valence-electron chi connectivity index (χ2n) is 5.70. The predicted molar refractivity (Wildman–Crippen MR) is 109 cm³/mol. The molecule has 0 saturated heterocycles. The molecule has 2 radical (unpaired) electrons. The van der Waals surface area contributed by atoms with Gasteiger partial charge in [0, 0.05) is 11.6 Å². The zero-order chi connectivity index (χ0) is 18.2. The van der Waals surface area contributed by atoms with Gasteiger partial charge in [0.15, 0.2) is 0 Å². The molecule has 0 aromatic heterocycles. The van der Waals surface area contributed by atoms with Crippen molar-refractivity contribution in [1.82, 2.24) is 0 Å². The summed E-state index contributed by atoms with van der Waals surface area (Å²) in [5.74, 6) is 0. The van der Waals surface area contributed by atoms with E-state index in [1.807, 2.05) is 13.0 Å². The Morgan fingerprint density at radius 2 is 1.96 bits per heavy atom. The first-order valence-electron chi connectivity index (χ1n) is 8.35. The first-order valence-corrected chi connectivity index (χ1v) is 9.69. The summed E-state index contributed by atoms with van der Waals surface area (Å²) in [4.78, 5) is 0. The van der Waals surface area contributed by atoms with Gasteiger partial charge in [-0.2, -0.15) is 24.6 Å². The molecule has 0 aliphatic heterocycles. The van der Waals surface area contributed by atoms with E-state index < -0.39 is 7.92 Å². The Balaban J connectivity index is 0.000000379. The van der Waals surface area contributed by atoms with Crippen LogP contribution in [-0.4, -0.2) is 6.04 Å². The first-order chi connectivity index (χ1) is 12.8. The van der Waals surface area contributed by atoms with Gasteiger partial charge in [-0.25, -0.2) is 5.73 Å². The molecule has 3 heteroatoms. The minimum absolute atomic E-state index is 0. The molecular weight excluding hydrogens is 389 g/mol. The second kappa shape index (κ2) is 10.8. The number of hydrogen-bond donors (Lipinski definition) is 1. The molecule has 2 atom stereocenters. The van der Waals surface area contributed by atoms with E-state index in [0.717, 1.165) is 5.57 Å².